The van der Waals surface area contributed by atoms with Crippen LogP contribution >= 0.6 is 0 Å². The van der Waals surface area contributed by atoms with E-state index in [4.69, 9.17) is 14.2 Å². The molecule has 2 aliphatic heterocycles. The van der Waals surface area contributed by atoms with Crippen molar-refractivity contribution in [1.29, 1.82) is 0 Å². The number of carbonyl (C=O) groups is 1. The number of hydrogen-bond donors (Lipinski definition) is 8. The lowest BCUT2D eigenvalue weighted by Crippen LogP contribution is -2.62. The molecule has 1 aromatic carbocycles. The number of carbonyl (C=O) groups excluding carboxylic acids is 1. The normalized spacial score (nSPS) is 39.2. The molecule has 2 fully saturated rings. The third-order valence-corrected chi connectivity index (χ3v) is 6.10. The lowest BCUT2D eigenvalue weighted by molar-refractivity contribution is -0.278. The number of ether oxygens (including phenoxy) is 3. The van der Waals surface area contributed by atoms with E-state index >= 15 is 0 Å². The molecule has 8 N–H and O–H groups in total. The van der Waals surface area contributed by atoms with Crippen LogP contribution in [-0.4, -0.2) is 117 Å². The SMILES string of the molecule is CNC(=O)c1cccc(O[C@H]2O[C@H](CO)[C@@H](O)[C@@H](C[C@H]3O[C@H](CO)[C@@H](O)[C@H](O)[C@H]3O)[C@@H]2O)c1. The summed E-state index contributed by atoms with van der Waals surface area (Å²) < 4.78 is 16.7. The van der Waals surface area contributed by atoms with E-state index in [0.29, 0.717) is 5.56 Å². The molecule has 12 nitrogen and oxygen atoms in total. The molecular weight excluding hydrogens is 442 g/mol. The maximum absolute atomic E-state index is 11.9. The Morgan fingerprint density at radius 3 is 2.18 bits per heavy atom. The zero-order valence-electron chi connectivity index (χ0n) is 18.0. The Morgan fingerprint density at radius 1 is 0.909 bits per heavy atom. The van der Waals surface area contributed by atoms with Gasteiger partial charge in [-0.15, -0.1) is 0 Å². The molecule has 186 valence electrons. The van der Waals surface area contributed by atoms with Crippen molar-refractivity contribution < 1.29 is 54.8 Å². The highest BCUT2D eigenvalue weighted by molar-refractivity contribution is 5.94. The molecule has 2 heterocycles. The molecule has 0 radical (unpaired) electrons. The lowest BCUT2D eigenvalue weighted by Gasteiger charge is -2.46. The van der Waals surface area contributed by atoms with Crippen molar-refractivity contribution >= 4 is 5.91 Å². The van der Waals surface area contributed by atoms with Gasteiger partial charge in [0.25, 0.3) is 5.91 Å². The van der Waals surface area contributed by atoms with Crippen LogP contribution in [0.5, 0.6) is 5.75 Å². The molecule has 2 aliphatic rings. The summed E-state index contributed by atoms with van der Waals surface area (Å²) in [6, 6.07) is 6.10. The summed E-state index contributed by atoms with van der Waals surface area (Å²) in [6.07, 6.45) is -12.5. The van der Waals surface area contributed by atoms with E-state index < -0.39 is 74.3 Å². The van der Waals surface area contributed by atoms with Gasteiger partial charge in [-0.25, -0.2) is 0 Å². The molecule has 0 saturated carbocycles. The molecule has 0 aliphatic carbocycles. The minimum Gasteiger partial charge on any atom is -0.462 e. The van der Waals surface area contributed by atoms with Crippen LogP contribution in [0.4, 0.5) is 0 Å². The molecule has 0 bridgehead atoms. The highest BCUT2D eigenvalue weighted by Crippen LogP contribution is 2.34. The zero-order valence-corrected chi connectivity index (χ0v) is 18.0. The number of aliphatic hydroxyl groups excluding tert-OH is 7. The molecule has 12 heteroatoms. The third-order valence-electron chi connectivity index (χ3n) is 6.10. The fourth-order valence-electron chi connectivity index (χ4n) is 4.17. The molecule has 3 rings (SSSR count). The quantitative estimate of drug-likeness (QED) is 0.197. The fourth-order valence-corrected chi connectivity index (χ4v) is 4.17. The molecule has 2 saturated heterocycles. The maximum atomic E-state index is 11.9. The Labute approximate surface area is 190 Å². The Kier molecular flexibility index (Phi) is 8.61. The summed E-state index contributed by atoms with van der Waals surface area (Å²) in [5, 5.41) is 73.3. The summed E-state index contributed by atoms with van der Waals surface area (Å²) in [6.45, 7) is -1.22. The molecular formula is C21H31NO11. The minimum atomic E-state index is -1.61. The van der Waals surface area contributed by atoms with Gasteiger partial charge in [-0.3, -0.25) is 4.79 Å². The predicted molar refractivity (Wildman–Crippen MR) is 110 cm³/mol. The van der Waals surface area contributed by atoms with Crippen LogP contribution in [0.15, 0.2) is 24.3 Å². The van der Waals surface area contributed by atoms with Gasteiger partial charge in [0, 0.05) is 18.5 Å². The summed E-state index contributed by atoms with van der Waals surface area (Å²) in [4.78, 5) is 11.9. The molecule has 10 atom stereocenters. The molecule has 33 heavy (non-hydrogen) atoms. The van der Waals surface area contributed by atoms with Crippen molar-refractivity contribution in [2.24, 2.45) is 5.92 Å². The van der Waals surface area contributed by atoms with Crippen LogP contribution in [0.2, 0.25) is 0 Å². The van der Waals surface area contributed by atoms with E-state index in [-0.39, 0.29) is 18.1 Å². The van der Waals surface area contributed by atoms with Gasteiger partial charge in [0.2, 0.25) is 6.29 Å². The summed E-state index contributed by atoms with van der Waals surface area (Å²) in [7, 11) is 1.47. The lowest BCUT2D eigenvalue weighted by atomic mass is 9.81. The minimum absolute atomic E-state index is 0.194. The topological polar surface area (TPSA) is 198 Å². The van der Waals surface area contributed by atoms with Crippen LogP contribution in [0, 0.1) is 5.92 Å². The van der Waals surface area contributed by atoms with Crippen LogP contribution in [0.1, 0.15) is 16.8 Å². The van der Waals surface area contributed by atoms with Gasteiger partial charge in [0.05, 0.1) is 25.4 Å². The second kappa shape index (κ2) is 11.0. The van der Waals surface area contributed by atoms with Crippen molar-refractivity contribution in [3.8, 4) is 5.75 Å². The molecule has 0 aromatic heterocycles. The summed E-state index contributed by atoms with van der Waals surface area (Å²) in [5.74, 6) is -1.20. The van der Waals surface area contributed by atoms with Crippen LogP contribution in [0.25, 0.3) is 0 Å². The summed E-state index contributed by atoms with van der Waals surface area (Å²) in [5.41, 5.74) is 0.303. The van der Waals surface area contributed by atoms with E-state index in [1.807, 2.05) is 0 Å². The fraction of sp³-hybridized carbons (Fsp3) is 0.667. The largest absolute Gasteiger partial charge is 0.462 e. The average molecular weight is 473 g/mol. The Bertz CT molecular complexity index is 793. The third kappa shape index (κ3) is 5.45. The van der Waals surface area contributed by atoms with E-state index in [2.05, 4.69) is 5.32 Å². The predicted octanol–water partition coefficient (Wildman–Crippen LogP) is -3.29. The van der Waals surface area contributed by atoms with Gasteiger partial charge < -0.3 is 55.3 Å². The molecule has 1 aromatic rings. The molecule has 0 spiro atoms. The zero-order chi connectivity index (χ0) is 24.3. The van der Waals surface area contributed by atoms with E-state index in [0.717, 1.165) is 0 Å². The Balaban J connectivity index is 1.78. The van der Waals surface area contributed by atoms with Gasteiger partial charge in [-0.1, -0.05) is 6.07 Å². The number of amides is 1. The van der Waals surface area contributed by atoms with Crippen molar-refractivity contribution in [2.75, 3.05) is 20.3 Å². The molecule has 0 unspecified atom stereocenters. The van der Waals surface area contributed by atoms with Crippen molar-refractivity contribution in [3.05, 3.63) is 29.8 Å². The summed E-state index contributed by atoms with van der Waals surface area (Å²) >= 11 is 0. The Hall–Kier alpha value is -1.87. The van der Waals surface area contributed by atoms with Gasteiger partial charge in [-0.2, -0.15) is 0 Å². The first kappa shape index (κ1) is 25.7. The Morgan fingerprint density at radius 2 is 1.55 bits per heavy atom. The van der Waals surface area contributed by atoms with Gasteiger partial charge in [0.15, 0.2) is 0 Å². The standard InChI is InChI=1S/C21H31NO11/c1-22-20(30)9-3-2-4-10(5-9)31-21-16(26)11(15(25)13(7-23)33-21)6-12-17(27)19(29)18(28)14(8-24)32-12/h2-5,11-19,21,23-29H,6-8H2,1H3,(H,22,30)/t11-,12-,13-,14-,15+,16+,17+,18-,19-,21+/m1/s1. The van der Waals surface area contributed by atoms with Crippen molar-refractivity contribution in [2.45, 2.75) is 61.5 Å². The average Bonchev–Trinajstić information content (AvgIpc) is 2.83. The maximum Gasteiger partial charge on any atom is 0.251 e. The smallest absolute Gasteiger partial charge is 0.251 e. The number of benzene rings is 1. The van der Waals surface area contributed by atoms with Gasteiger partial charge in [-0.05, 0) is 24.6 Å². The van der Waals surface area contributed by atoms with Crippen molar-refractivity contribution in [1.82, 2.24) is 5.32 Å². The van der Waals surface area contributed by atoms with E-state index in [1.165, 1.54) is 19.2 Å². The first-order chi connectivity index (χ1) is 15.7. The number of nitrogens with one attached hydrogen (secondary N) is 1. The number of hydrogen-bond acceptors (Lipinski definition) is 11. The highest BCUT2D eigenvalue weighted by atomic mass is 16.7. The number of aliphatic hydroxyl groups is 7. The van der Waals surface area contributed by atoms with Crippen LogP contribution < -0.4 is 10.1 Å². The number of rotatable bonds is 7. The van der Waals surface area contributed by atoms with E-state index in [9.17, 15) is 40.5 Å². The monoisotopic (exact) mass is 473 g/mol. The first-order valence-electron chi connectivity index (χ1n) is 10.6. The van der Waals surface area contributed by atoms with Gasteiger partial charge in [0.1, 0.15) is 42.4 Å². The van der Waals surface area contributed by atoms with Crippen LogP contribution in [-0.2, 0) is 9.47 Å². The van der Waals surface area contributed by atoms with Gasteiger partial charge >= 0.3 is 0 Å². The second-order valence-electron chi connectivity index (χ2n) is 8.20. The second-order valence-corrected chi connectivity index (χ2v) is 8.20. The van der Waals surface area contributed by atoms with E-state index in [1.54, 1.807) is 12.1 Å². The molecule has 1 amide bonds. The van der Waals surface area contributed by atoms with Crippen molar-refractivity contribution in [3.63, 3.8) is 0 Å². The highest BCUT2D eigenvalue weighted by Gasteiger charge is 2.50. The van der Waals surface area contributed by atoms with Crippen LogP contribution in [0.3, 0.4) is 0 Å². The first-order valence-corrected chi connectivity index (χ1v) is 10.6.